The number of rotatable bonds is 8. The Kier molecular flexibility index (Phi) is 7.91. The highest BCUT2D eigenvalue weighted by Crippen LogP contribution is 2.61. The van der Waals surface area contributed by atoms with Gasteiger partial charge in [-0.25, -0.2) is 0 Å². The predicted molar refractivity (Wildman–Crippen MR) is 234 cm³/mol. The van der Waals surface area contributed by atoms with Gasteiger partial charge in [-0.3, -0.25) is 0 Å². The van der Waals surface area contributed by atoms with Crippen LogP contribution in [-0.4, -0.2) is 0 Å². The van der Waals surface area contributed by atoms with Crippen molar-refractivity contribution in [2.24, 2.45) is 17.8 Å². The SMILES string of the molecule is c1ccc(-c2cccc(N(c3ccc(C45CC6CC(CC(C6)C4)C5)cc3)c3ccc4sc5cc(N(c6ccccc6)c6ccccc6)ccc5c4c3)c2)cc1. The lowest BCUT2D eigenvalue weighted by atomic mass is 9.48. The highest BCUT2D eigenvalue weighted by atomic mass is 32.1. The first-order valence-corrected chi connectivity index (χ1v) is 20.9. The van der Waals surface area contributed by atoms with E-state index >= 15 is 0 Å². The summed E-state index contributed by atoms with van der Waals surface area (Å²) in [6, 6.07) is 65.0. The Morgan fingerprint density at radius 2 is 0.873 bits per heavy atom. The molecule has 268 valence electrons. The van der Waals surface area contributed by atoms with Crippen LogP contribution in [-0.2, 0) is 5.41 Å². The van der Waals surface area contributed by atoms with Crippen molar-refractivity contribution in [2.45, 2.75) is 43.9 Å². The summed E-state index contributed by atoms with van der Waals surface area (Å²) in [6.45, 7) is 0. The molecule has 4 saturated carbocycles. The fraction of sp³-hybridized carbons (Fsp3) is 0.192. The number of fused-ring (bicyclic) bond motifs is 3. The van der Waals surface area contributed by atoms with Crippen LogP contribution < -0.4 is 9.80 Å². The number of hydrogen-bond acceptors (Lipinski definition) is 3. The van der Waals surface area contributed by atoms with Crippen LogP contribution in [0, 0.1) is 17.8 Å². The molecule has 3 heteroatoms. The Hall–Kier alpha value is -5.64. The van der Waals surface area contributed by atoms with Crippen molar-refractivity contribution >= 4 is 65.6 Å². The largest absolute Gasteiger partial charge is 0.310 e. The molecule has 4 fully saturated rings. The van der Waals surface area contributed by atoms with Crippen molar-refractivity contribution in [3.63, 3.8) is 0 Å². The zero-order chi connectivity index (χ0) is 36.3. The van der Waals surface area contributed by atoms with Crippen LogP contribution >= 0.6 is 11.3 Å². The quantitative estimate of drug-likeness (QED) is 0.154. The topological polar surface area (TPSA) is 6.48 Å². The summed E-state index contributed by atoms with van der Waals surface area (Å²) < 4.78 is 2.59. The van der Waals surface area contributed by atoms with Gasteiger partial charge in [0.25, 0.3) is 0 Å². The van der Waals surface area contributed by atoms with Crippen LogP contribution in [0.1, 0.15) is 44.1 Å². The number of nitrogens with zero attached hydrogens (tertiary/aromatic N) is 2. The Labute approximate surface area is 328 Å². The maximum absolute atomic E-state index is 2.49. The summed E-state index contributed by atoms with van der Waals surface area (Å²) in [5, 5.41) is 2.59. The lowest BCUT2D eigenvalue weighted by Crippen LogP contribution is -2.48. The van der Waals surface area contributed by atoms with E-state index in [1.807, 2.05) is 11.3 Å². The van der Waals surface area contributed by atoms with Gasteiger partial charge in [0, 0.05) is 54.3 Å². The van der Waals surface area contributed by atoms with Gasteiger partial charge in [0.15, 0.2) is 0 Å². The van der Waals surface area contributed by atoms with Gasteiger partial charge in [-0.2, -0.15) is 0 Å². The second-order valence-corrected chi connectivity index (χ2v) is 17.5. The van der Waals surface area contributed by atoms with E-state index < -0.39 is 0 Å². The molecule has 0 radical (unpaired) electrons. The molecular weight excluding hydrogens is 685 g/mol. The molecule has 0 spiro atoms. The van der Waals surface area contributed by atoms with Gasteiger partial charge < -0.3 is 9.80 Å². The van der Waals surface area contributed by atoms with Crippen molar-refractivity contribution in [1.82, 2.24) is 0 Å². The molecule has 0 unspecified atom stereocenters. The third-order valence-electron chi connectivity index (χ3n) is 13.0. The van der Waals surface area contributed by atoms with Crippen LogP contribution in [0.4, 0.5) is 34.1 Å². The van der Waals surface area contributed by atoms with Crippen molar-refractivity contribution in [3.05, 3.63) is 181 Å². The molecule has 0 amide bonds. The van der Waals surface area contributed by atoms with E-state index in [1.54, 1.807) is 5.56 Å². The number of benzene rings is 7. The van der Waals surface area contributed by atoms with E-state index in [1.165, 1.54) is 86.9 Å². The molecule has 12 rings (SSSR count). The van der Waals surface area contributed by atoms with Gasteiger partial charge >= 0.3 is 0 Å². The van der Waals surface area contributed by atoms with Gasteiger partial charge in [0.1, 0.15) is 0 Å². The fourth-order valence-corrected chi connectivity index (χ4v) is 12.1. The molecule has 0 saturated heterocycles. The standard InChI is InChI=1S/C52H44N2S/c1-4-11-39(12-5-1)40-13-10-18-45(30-40)54(44-21-19-41(20-22-44)52-33-36-27-37(34-52)29-38(28-36)35-52)46-24-26-50-49(31-46)48-25-23-47(32-51(48)55-50)53(42-14-6-2-7-15-42)43-16-8-3-9-17-43/h1-26,30-32,36-38H,27-29,33-35H2. The highest BCUT2D eigenvalue weighted by molar-refractivity contribution is 7.25. The molecular formula is C52H44N2S. The Balaban J connectivity index is 1.01. The molecule has 0 N–H and O–H groups in total. The maximum Gasteiger partial charge on any atom is 0.0476 e. The predicted octanol–water partition coefficient (Wildman–Crippen LogP) is 15.1. The summed E-state index contributed by atoms with van der Waals surface area (Å²) in [5.41, 5.74) is 11.4. The first-order valence-electron chi connectivity index (χ1n) is 20.1. The normalized spacial score (nSPS) is 21.3. The van der Waals surface area contributed by atoms with E-state index in [9.17, 15) is 0 Å². The molecule has 2 nitrogen and oxygen atoms in total. The van der Waals surface area contributed by atoms with Gasteiger partial charge in [-0.15, -0.1) is 11.3 Å². The zero-order valence-corrected chi connectivity index (χ0v) is 31.8. The third-order valence-corrected chi connectivity index (χ3v) is 14.1. The number of anilines is 6. The molecule has 0 aliphatic heterocycles. The number of hydrogen-bond donors (Lipinski definition) is 0. The van der Waals surface area contributed by atoms with Crippen molar-refractivity contribution < 1.29 is 0 Å². The lowest BCUT2D eigenvalue weighted by molar-refractivity contribution is -0.00518. The second-order valence-electron chi connectivity index (χ2n) is 16.5. The zero-order valence-electron chi connectivity index (χ0n) is 31.0. The van der Waals surface area contributed by atoms with Crippen LogP contribution in [0.25, 0.3) is 31.3 Å². The molecule has 8 aromatic rings. The summed E-state index contributed by atoms with van der Waals surface area (Å²) in [7, 11) is 0. The summed E-state index contributed by atoms with van der Waals surface area (Å²) in [4.78, 5) is 4.82. The van der Waals surface area contributed by atoms with Crippen LogP contribution in [0.15, 0.2) is 176 Å². The Morgan fingerprint density at radius 1 is 0.382 bits per heavy atom. The second kappa shape index (κ2) is 13.3. The van der Waals surface area contributed by atoms with Crippen molar-refractivity contribution in [1.29, 1.82) is 0 Å². The molecule has 1 heterocycles. The monoisotopic (exact) mass is 728 g/mol. The molecule has 55 heavy (non-hydrogen) atoms. The van der Waals surface area contributed by atoms with E-state index in [2.05, 4.69) is 186 Å². The minimum Gasteiger partial charge on any atom is -0.310 e. The average molecular weight is 729 g/mol. The molecule has 4 bridgehead atoms. The van der Waals surface area contributed by atoms with Gasteiger partial charge in [0.2, 0.25) is 0 Å². The van der Waals surface area contributed by atoms with Gasteiger partial charge in [0.05, 0.1) is 0 Å². The van der Waals surface area contributed by atoms with E-state index in [0.29, 0.717) is 5.41 Å². The highest BCUT2D eigenvalue weighted by Gasteiger charge is 2.51. The Morgan fingerprint density at radius 3 is 1.53 bits per heavy atom. The van der Waals surface area contributed by atoms with Gasteiger partial charge in [-0.1, -0.05) is 97.1 Å². The smallest absolute Gasteiger partial charge is 0.0476 e. The van der Waals surface area contributed by atoms with Crippen molar-refractivity contribution in [3.8, 4) is 11.1 Å². The third kappa shape index (κ3) is 5.84. The summed E-state index contributed by atoms with van der Waals surface area (Å²) in [6.07, 6.45) is 8.59. The summed E-state index contributed by atoms with van der Waals surface area (Å²) >= 11 is 1.88. The van der Waals surface area contributed by atoms with E-state index in [0.717, 1.165) is 34.8 Å². The average Bonchev–Trinajstić information content (AvgIpc) is 3.59. The maximum atomic E-state index is 2.49. The minimum absolute atomic E-state index is 0.384. The number of para-hydroxylation sites is 2. The minimum atomic E-state index is 0.384. The first kappa shape index (κ1) is 32.8. The lowest BCUT2D eigenvalue weighted by Gasteiger charge is -2.57. The Bertz CT molecular complexity index is 2550. The van der Waals surface area contributed by atoms with E-state index in [-0.39, 0.29) is 0 Å². The van der Waals surface area contributed by atoms with Crippen molar-refractivity contribution in [2.75, 3.05) is 9.80 Å². The molecule has 7 aromatic carbocycles. The first-order chi connectivity index (χ1) is 27.2. The summed E-state index contributed by atoms with van der Waals surface area (Å²) in [5.74, 6) is 2.81. The fourth-order valence-electron chi connectivity index (χ4n) is 11.0. The van der Waals surface area contributed by atoms with Crippen LogP contribution in [0.5, 0.6) is 0 Å². The van der Waals surface area contributed by atoms with Crippen LogP contribution in [0.3, 0.4) is 0 Å². The molecule has 1 aromatic heterocycles. The van der Waals surface area contributed by atoms with Crippen LogP contribution in [0.2, 0.25) is 0 Å². The molecule has 0 atom stereocenters. The van der Waals surface area contributed by atoms with Gasteiger partial charge in [-0.05, 0) is 157 Å². The molecule has 4 aliphatic rings. The van der Waals surface area contributed by atoms with E-state index in [4.69, 9.17) is 0 Å². The molecule has 4 aliphatic carbocycles. The number of thiophene rings is 1.